The van der Waals surface area contributed by atoms with Crippen molar-refractivity contribution in [2.24, 2.45) is 0 Å². The summed E-state index contributed by atoms with van der Waals surface area (Å²) >= 11 is 0. The van der Waals surface area contributed by atoms with Crippen molar-refractivity contribution in [3.05, 3.63) is 30.0 Å². The van der Waals surface area contributed by atoms with Gasteiger partial charge >= 0.3 is 0 Å². The fourth-order valence-corrected chi connectivity index (χ4v) is 3.12. The molecule has 0 spiro atoms. The molecule has 0 aliphatic rings. The minimum Gasteiger partial charge on any atom is -0.356 e. The van der Waals surface area contributed by atoms with Crippen LogP contribution in [0, 0.1) is 0 Å². The zero-order chi connectivity index (χ0) is 14.6. The topological polar surface area (TPSA) is 84.2 Å². The second-order valence-electron chi connectivity index (χ2n) is 4.69. The Labute approximate surface area is 130 Å². The van der Waals surface area contributed by atoms with Crippen LogP contribution in [0.1, 0.15) is 19.5 Å². The fourth-order valence-electron chi connectivity index (χ4n) is 1.95. The number of sulfonamides is 1. The number of hydrogen-bond acceptors (Lipinski definition) is 5. The number of nitrogens with zero attached hydrogens (tertiary/aromatic N) is 1. The quantitative estimate of drug-likeness (QED) is 0.805. The van der Waals surface area contributed by atoms with Crippen LogP contribution in [0.3, 0.4) is 0 Å². The number of likely N-dealkylation sites (N-methyl/N-ethyl adjacent to an activating group) is 1. The van der Waals surface area contributed by atoms with E-state index in [1.54, 1.807) is 12.1 Å². The first-order valence-electron chi connectivity index (χ1n) is 6.56. The number of benzene rings is 1. The van der Waals surface area contributed by atoms with Gasteiger partial charge in [0.1, 0.15) is 11.4 Å². The molecule has 0 fully saturated rings. The Kier molecular flexibility index (Phi) is 6.60. The lowest BCUT2D eigenvalue weighted by Crippen LogP contribution is -2.39. The lowest BCUT2D eigenvalue weighted by Gasteiger charge is -2.12. The van der Waals surface area contributed by atoms with Gasteiger partial charge in [0.05, 0.1) is 0 Å². The van der Waals surface area contributed by atoms with Crippen LogP contribution in [0.5, 0.6) is 0 Å². The number of para-hydroxylation sites is 1. The first-order chi connectivity index (χ1) is 9.52. The number of fused-ring (bicyclic) bond motifs is 1. The van der Waals surface area contributed by atoms with Gasteiger partial charge in [0.25, 0.3) is 0 Å². The molecule has 0 aliphatic carbocycles. The molecule has 2 aromatic rings. The maximum Gasteiger partial charge on any atom is 0.217 e. The third-order valence-electron chi connectivity index (χ3n) is 2.94. The number of hydrogen-bond donors (Lipinski definition) is 2. The van der Waals surface area contributed by atoms with Gasteiger partial charge in [-0.05, 0) is 25.6 Å². The molecule has 1 aromatic heterocycles. The Bertz CT molecular complexity index is 672. The van der Waals surface area contributed by atoms with Crippen LogP contribution < -0.4 is 10.0 Å². The predicted octanol–water partition coefficient (Wildman–Crippen LogP) is 1.67. The van der Waals surface area contributed by atoms with Crippen LogP contribution in [0.15, 0.2) is 28.8 Å². The molecule has 0 radical (unpaired) electrons. The van der Waals surface area contributed by atoms with E-state index in [2.05, 4.69) is 15.2 Å². The molecular weight excluding hydrogens is 314 g/mol. The van der Waals surface area contributed by atoms with E-state index in [-0.39, 0.29) is 24.2 Å². The summed E-state index contributed by atoms with van der Waals surface area (Å²) in [6.07, 6.45) is 0. The molecule has 0 amide bonds. The molecule has 1 aromatic carbocycles. The summed E-state index contributed by atoms with van der Waals surface area (Å²) in [5.41, 5.74) is 1.03. The Morgan fingerprint density at radius 2 is 2.05 bits per heavy atom. The van der Waals surface area contributed by atoms with Crippen LogP contribution in [-0.2, 0) is 15.8 Å². The SMILES string of the molecule is CCN[C@H](C)CNS(=O)(=O)Cc1noc2ccccc12.Cl. The number of halogens is 1. The van der Waals surface area contributed by atoms with Crippen molar-refractivity contribution in [1.82, 2.24) is 15.2 Å². The molecule has 2 N–H and O–H groups in total. The molecule has 0 unspecified atom stereocenters. The summed E-state index contributed by atoms with van der Waals surface area (Å²) in [6.45, 7) is 5.06. The Morgan fingerprint density at radius 3 is 2.76 bits per heavy atom. The van der Waals surface area contributed by atoms with Crippen molar-refractivity contribution in [3.8, 4) is 0 Å². The van der Waals surface area contributed by atoms with Gasteiger partial charge < -0.3 is 9.84 Å². The lowest BCUT2D eigenvalue weighted by atomic mass is 10.2. The van der Waals surface area contributed by atoms with Crippen LogP contribution in [0.4, 0.5) is 0 Å². The molecule has 0 bridgehead atoms. The first kappa shape index (κ1) is 17.9. The molecule has 21 heavy (non-hydrogen) atoms. The van der Waals surface area contributed by atoms with Gasteiger partial charge in [0.15, 0.2) is 5.58 Å². The van der Waals surface area contributed by atoms with Gasteiger partial charge in [-0.15, -0.1) is 12.4 Å². The van der Waals surface area contributed by atoms with E-state index in [4.69, 9.17) is 4.52 Å². The zero-order valence-electron chi connectivity index (χ0n) is 12.0. The van der Waals surface area contributed by atoms with Gasteiger partial charge in [-0.3, -0.25) is 0 Å². The van der Waals surface area contributed by atoms with Crippen molar-refractivity contribution < 1.29 is 12.9 Å². The molecule has 0 saturated carbocycles. The summed E-state index contributed by atoms with van der Waals surface area (Å²) in [6, 6.07) is 7.30. The largest absolute Gasteiger partial charge is 0.356 e. The van der Waals surface area contributed by atoms with Crippen molar-refractivity contribution in [3.63, 3.8) is 0 Å². The minimum absolute atomic E-state index is 0. The van der Waals surface area contributed by atoms with E-state index in [1.165, 1.54) is 0 Å². The van der Waals surface area contributed by atoms with Gasteiger partial charge in [0.2, 0.25) is 10.0 Å². The van der Waals surface area contributed by atoms with Crippen molar-refractivity contribution in [2.45, 2.75) is 25.6 Å². The minimum atomic E-state index is -3.42. The second-order valence-corrected chi connectivity index (χ2v) is 6.50. The highest BCUT2D eigenvalue weighted by atomic mass is 35.5. The third-order valence-corrected chi connectivity index (χ3v) is 4.20. The van der Waals surface area contributed by atoms with E-state index in [0.717, 1.165) is 11.9 Å². The monoisotopic (exact) mass is 333 g/mol. The van der Waals surface area contributed by atoms with Crippen LogP contribution in [0.25, 0.3) is 11.0 Å². The third kappa shape index (κ3) is 4.96. The van der Waals surface area contributed by atoms with Gasteiger partial charge in [0, 0.05) is 18.0 Å². The van der Waals surface area contributed by atoms with E-state index in [9.17, 15) is 8.42 Å². The average Bonchev–Trinajstić information content (AvgIpc) is 2.80. The smallest absolute Gasteiger partial charge is 0.217 e. The maximum absolute atomic E-state index is 12.0. The number of rotatable bonds is 7. The Hall–Kier alpha value is -1.15. The Morgan fingerprint density at radius 1 is 1.33 bits per heavy atom. The molecule has 6 nitrogen and oxygen atoms in total. The number of nitrogens with one attached hydrogen (secondary N) is 2. The summed E-state index contributed by atoms with van der Waals surface area (Å²) in [7, 11) is -3.42. The lowest BCUT2D eigenvalue weighted by molar-refractivity contribution is 0.448. The molecule has 118 valence electrons. The highest BCUT2D eigenvalue weighted by Gasteiger charge is 2.17. The van der Waals surface area contributed by atoms with Gasteiger partial charge in [-0.25, -0.2) is 13.1 Å². The van der Waals surface area contributed by atoms with Crippen molar-refractivity contribution >= 4 is 33.4 Å². The summed E-state index contributed by atoms with van der Waals surface area (Å²) in [5, 5.41) is 7.71. The number of aromatic nitrogens is 1. The Balaban J connectivity index is 0.00000220. The van der Waals surface area contributed by atoms with Crippen LogP contribution >= 0.6 is 12.4 Å². The zero-order valence-corrected chi connectivity index (χ0v) is 13.6. The normalized spacial score (nSPS) is 13.0. The summed E-state index contributed by atoms with van der Waals surface area (Å²) in [4.78, 5) is 0. The second kappa shape index (κ2) is 7.74. The maximum atomic E-state index is 12.0. The highest BCUT2D eigenvalue weighted by Crippen LogP contribution is 2.19. The van der Waals surface area contributed by atoms with Gasteiger partial charge in [-0.2, -0.15) is 0 Å². The van der Waals surface area contributed by atoms with E-state index in [1.807, 2.05) is 26.0 Å². The van der Waals surface area contributed by atoms with Gasteiger partial charge in [-0.1, -0.05) is 24.2 Å². The molecule has 1 heterocycles. The molecule has 1 atom stereocenters. The summed E-state index contributed by atoms with van der Waals surface area (Å²) in [5.74, 6) is -0.178. The average molecular weight is 334 g/mol. The molecular formula is C13H20ClN3O3S. The molecule has 0 aliphatic heterocycles. The van der Waals surface area contributed by atoms with E-state index >= 15 is 0 Å². The first-order valence-corrected chi connectivity index (χ1v) is 8.21. The molecule has 8 heteroatoms. The van der Waals surface area contributed by atoms with E-state index < -0.39 is 10.0 Å². The molecule has 2 rings (SSSR count). The predicted molar refractivity (Wildman–Crippen MR) is 85.0 cm³/mol. The van der Waals surface area contributed by atoms with Crippen LogP contribution in [0.2, 0.25) is 0 Å². The fraction of sp³-hybridized carbons (Fsp3) is 0.462. The van der Waals surface area contributed by atoms with Crippen molar-refractivity contribution in [2.75, 3.05) is 13.1 Å². The van der Waals surface area contributed by atoms with Crippen LogP contribution in [-0.4, -0.2) is 32.7 Å². The van der Waals surface area contributed by atoms with E-state index in [0.29, 0.717) is 17.8 Å². The summed E-state index contributed by atoms with van der Waals surface area (Å²) < 4.78 is 31.7. The standard InChI is InChI=1S/C13H19N3O3S.ClH/c1-3-14-10(2)8-15-20(17,18)9-12-11-6-4-5-7-13(11)19-16-12;/h4-7,10,14-15H,3,8-9H2,1-2H3;1H/t10-;/m1./s1. The molecule has 0 saturated heterocycles. The van der Waals surface area contributed by atoms with Crippen molar-refractivity contribution in [1.29, 1.82) is 0 Å². The highest BCUT2D eigenvalue weighted by molar-refractivity contribution is 7.88.